The Balaban J connectivity index is 1.77. The third-order valence-electron chi connectivity index (χ3n) is 4.73. The van der Waals surface area contributed by atoms with Crippen LogP contribution in [0.2, 0.25) is 0 Å². The van der Waals surface area contributed by atoms with Crippen LogP contribution in [0.5, 0.6) is 0 Å². The molecule has 2 aromatic heterocycles. The Morgan fingerprint density at radius 1 is 1.18 bits per heavy atom. The Morgan fingerprint density at radius 3 is 2.64 bits per heavy atom. The van der Waals surface area contributed by atoms with Gasteiger partial charge in [-0.25, -0.2) is 4.98 Å². The van der Waals surface area contributed by atoms with Gasteiger partial charge in [0.25, 0.3) is 11.5 Å². The monoisotopic (exact) mass is 377 g/mol. The van der Waals surface area contributed by atoms with Crippen molar-refractivity contribution >= 4 is 39.9 Å². The molecule has 1 aromatic carbocycles. The lowest BCUT2D eigenvalue weighted by Gasteiger charge is -2.17. The van der Waals surface area contributed by atoms with Gasteiger partial charge in [-0.15, -0.1) is 0 Å². The Morgan fingerprint density at radius 2 is 1.96 bits per heavy atom. The van der Waals surface area contributed by atoms with Crippen LogP contribution in [-0.2, 0) is 4.79 Å². The molecule has 1 aliphatic heterocycles. The molecule has 2 amide bonds. The van der Waals surface area contributed by atoms with E-state index in [0.717, 1.165) is 6.42 Å². The van der Waals surface area contributed by atoms with Crippen LogP contribution in [0.1, 0.15) is 23.2 Å². The van der Waals surface area contributed by atoms with Gasteiger partial charge in [0.15, 0.2) is 0 Å². The quantitative estimate of drug-likeness (QED) is 0.646. The van der Waals surface area contributed by atoms with E-state index in [-0.39, 0.29) is 17.4 Å². The highest BCUT2D eigenvalue weighted by Crippen LogP contribution is 2.28. The number of rotatable bonds is 4. The second-order valence-corrected chi connectivity index (χ2v) is 6.53. The third-order valence-corrected chi connectivity index (χ3v) is 4.73. The highest BCUT2D eigenvalue weighted by Gasteiger charge is 2.24. The molecule has 142 valence electrons. The number of pyridine rings is 2. The fourth-order valence-electron chi connectivity index (χ4n) is 3.31. The second-order valence-electron chi connectivity index (χ2n) is 6.53. The largest absolute Gasteiger partial charge is 0.355 e. The van der Waals surface area contributed by atoms with Gasteiger partial charge in [0.2, 0.25) is 5.91 Å². The maximum atomic E-state index is 12.4. The molecule has 1 fully saturated rings. The normalized spacial score (nSPS) is 13.8. The van der Waals surface area contributed by atoms with Crippen LogP contribution in [0.15, 0.2) is 47.4 Å². The number of hydrogen-bond donors (Lipinski definition) is 3. The zero-order valence-electron chi connectivity index (χ0n) is 15.3. The molecular formula is C20H19N5O3. The van der Waals surface area contributed by atoms with Crippen molar-refractivity contribution < 1.29 is 9.59 Å². The first kappa shape index (κ1) is 17.7. The fraction of sp³-hybridized carbons (Fsp3) is 0.200. The third kappa shape index (κ3) is 3.20. The van der Waals surface area contributed by atoms with Crippen molar-refractivity contribution in [3.63, 3.8) is 0 Å². The van der Waals surface area contributed by atoms with E-state index in [1.165, 1.54) is 0 Å². The molecule has 1 saturated heterocycles. The molecule has 0 radical (unpaired) electrons. The van der Waals surface area contributed by atoms with Crippen molar-refractivity contribution in [1.29, 1.82) is 0 Å². The van der Waals surface area contributed by atoms with Gasteiger partial charge in [-0.3, -0.25) is 19.3 Å². The Hall–Kier alpha value is -3.68. The number of carbonyl (C=O) groups excluding carboxylic acids is 2. The molecule has 4 rings (SSSR count). The average Bonchev–Trinajstić information content (AvgIpc) is 3.13. The molecule has 1 aliphatic rings. The predicted molar refractivity (Wildman–Crippen MR) is 107 cm³/mol. The summed E-state index contributed by atoms with van der Waals surface area (Å²) in [6.07, 6.45) is 2.86. The number of aromatic amines is 1. The first-order valence-electron chi connectivity index (χ1n) is 8.99. The van der Waals surface area contributed by atoms with Gasteiger partial charge in [-0.1, -0.05) is 0 Å². The van der Waals surface area contributed by atoms with Crippen molar-refractivity contribution in [1.82, 2.24) is 15.3 Å². The number of fused-ring (bicyclic) bond motifs is 1. The maximum Gasteiger partial charge on any atom is 0.259 e. The summed E-state index contributed by atoms with van der Waals surface area (Å²) < 4.78 is 0. The van der Waals surface area contributed by atoms with Gasteiger partial charge in [0.05, 0.1) is 5.39 Å². The molecular weight excluding hydrogens is 358 g/mol. The summed E-state index contributed by atoms with van der Waals surface area (Å²) in [6.45, 7) is 0.612. The molecule has 0 spiro atoms. The highest BCUT2D eigenvalue weighted by molar-refractivity contribution is 6.00. The minimum atomic E-state index is -0.270. The van der Waals surface area contributed by atoms with Gasteiger partial charge in [-0.05, 0) is 48.2 Å². The topological polar surface area (TPSA) is 107 Å². The van der Waals surface area contributed by atoms with Gasteiger partial charge < -0.3 is 15.6 Å². The molecule has 3 heterocycles. The number of H-pyrrole nitrogens is 1. The van der Waals surface area contributed by atoms with Crippen molar-refractivity contribution in [2.24, 2.45) is 0 Å². The highest BCUT2D eigenvalue weighted by atomic mass is 16.2. The number of nitrogens with zero attached hydrogens (tertiary/aromatic N) is 2. The first-order chi connectivity index (χ1) is 13.6. The molecule has 0 aliphatic carbocycles. The maximum absolute atomic E-state index is 12.4. The molecule has 8 nitrogen and oxygen atoms in total. The minimum Gasteiger partial charge on any atom is -0.355 e. The van der Waals surface area contributed by atoms with Gasteiger partial charge in [-0.2, -0.15) is 0 Å². The van der Waals surface area contributed by atoms with Crippen molar-refractivity contribution in [3.05, 3.63) is 58.5 Å². The molecule has 0 atom stereocenters. The zero-order chi connectivity index (χ0) is 19.7. The lowest BCUT2D eigenvalue weighted by atomic mass is 10.1. The number of hydrogen-bond acceptors (Lipinski definition) is 5. The van der Waals surface area contributed by atoms with Crippen LogP contribution in [-0.4, -0.2) is 35.4 Å². The van der Waals surface area contributed by atoms with Crippen LogP contribution in [0.3, 0.4) is 0 Å². The summed E-state index contributed by atoms with van der Waals surface area (Å²) >= 11 is 0. The van der Waals surface area contributed by atoms with E-state index >= 15 is 0 Å². The van der Waals surface area contributed by atoms with E-state index in [1.54, 1.807) is 54.5 Å². The fourth-order valence-corrected chi connectivity index (χ4v) is 3.31. The van der Waals surface area contributed by atoms with Gasteiger partial charge >= 0.3 is 0 Å². The van der Waals surface area contributed by atoms with Crippen molar-refractivity contribution in [2.75, 3.05) is 23.8 Å². The summed E-state index contributed by atoms with van der Waals surface area (Å²) in [5, 5.41) is 6.82. The lowest BCUT2D eigenvalue weighted by Crippen LogP contribution is -2.25. The predicted octanol–water partition coefficient (Wildman–Crippen LogP) is 2.15. The molecule has 0 unspecified atom stereocenters. The van der Waals surface area contributed by atoms with E-state index in [0.29, 0.717) is 46.6 Å². The SMILES string of the molecule is CNC(=O)c1ccc(Nc2nc(N3CCCC3=O)cc3cc[nH]c(=O)c23)cc1. The molecule has 0 saturated carbocycles. The van der Waals surface area contributed by atoms with Crippen LogP contribution >= 0.6 is 0 Å². The summed E-state index contributed by atoms with van der Waals surface area (Å²) in [5.41, 5.74) is 0.934. The second kappa shape index (κ2) is 7.15. The summed E-state index contributed by atoms with van der Waals surface area (Å²) in [4.78, 5) is 45.1. The minimum absolute atomic E-state index is 0.0255. The standard InChI is InChI=1S/C20H19N5O3/c1-21-19(27)12-4-6-14(7-5-12)23-18-17-13(8-9-22-20(17)28)11-15(24-18)25-10-2-3-16(25)26/h4-9,11H,2-3,10H2,1H3,(H,21,27)(H,22,28)(H,23,24). The number of amides is 2. The first-order valence-corrected chi connectivity index (χ1v) is 8.99. The zero-order valence-corrected chi connectivity index (χ0v) is 15.3. The number of carbonyl (C=O) groups is 2. The van der Waals surface area contributed by atoms with E-state index in [1.807, 2.05) is 0 Å². The van der Waals surface area contributed by atoms with Crippen molar-refractivity contribution in [2.45, 2.75) is 12.8 Å². The van der Waals surface area contributed by atoms with Crippen molar-refractivity contribution in [3.8, 4) is 0 Å². The molecule has 28 heavy (non-hydrogen) atoms. The van der Waals surface area contributed by atoms with E-state index in [2.05, 4.69) is 20.6 Å². The van der Waals surface area contributed by atoms with E-state index in [4.69, 9.17) is 0 Å². The Labute approximate surface area is 160 Å². The average molecular weight is 377 g/mol. The summed E-state index contributed by atoms with van der Waals surface area (Å²) in [5.74, 6) is 0.727. The van der Waals surface area contributed by atoms with Crippen LogP contribution in [0.25, 0.3) is 10.8 Å². The summed E-state index contributed by atoms with van der Waals surface area (Å²) in [6, 6.07) is 10.4. The molecule has 8 heteroatoms. The molecule has 3 N–H and O–H groups in total. The molecule has 0 bridgehead atoms. The van der Waals surface area contributed by atoms with Gasteiger partial charge in [0.1, 0.15) is 11.6 Å². The number of anilines is 3. The number of benzene rings is 1. The van der Waals surface area contributed by atoms with Gasteiger partial charge in [0, 0.05) is 37.5 Å². The Bertz CT molecular complexity index is 1120. The van der Waals surface area contributed by atoms with E-state index < -0.39 is 0 Å². The van der Waals surface area contributed by atoms with Crippen LogP contribution in [0, 0.1) is 0 Å². The lowest BCUT2D eigenvalue weighted by molar-refractivity contribution is -0.117. The van der Waals surface area contributed by atoms with Crippen LogP contribution < -0.4 is 21.1 Å². The smallest absolute Gasteiger partial charge is 0.259 e. The van der Waals surface area contributed by atoms with E-state index in [9.17, 15) is 14.4 Å². The number of aromatic nitrogens is 2. The number of nitrogens with one attached hydrogen (secondary N) is 3. The molecule has 3 aromatic rings. The van der Waals surface area contributed by atoms with Crippen LogP contribution in [0.4, 0.5) is 17.3 Å². The summed E-state index contributed by atoms with van der Waals surface area (Å²) in [7, 11) is 1.57. The Kier molecular flexibility index (Phi) is 4.52.